The number of halogens is 1. The van der Waals surface area contributed by atoms with E-state index < -0.39 is 0 Å². The molecule has 0 amide bonds. The van der Waals surface area contributed by atoms with Crippen LogP contribution in [0.3, 0.4) is 0 Å². The lowest BCUT2D eigenvalue weighted by atomic mass is 9.96. The quantitative estimate of drug-likeness (QED) is 0.874. The van der Waals surface area contributed by atoms with Crippen LogP contribution in [0.1, 0.15) is 31.7 Å². The molecule has 2 rings (SSSR count). The van der Waals surface area contributed by atoms with Gasteiger partial charge in [-0.1, -0.05) is 24.6 Å². The number of methoxy groups -OCH3 is 1. The molecule has 4 heteroatoms. The highest BCUT2D eigenvalue weighted by atomic mass is 35.5. The van der Waals surface area contributed by atoms with Gasteiger partial charge in [0.25, 0.3) is 0 Å². The molecule has 0 aromatic heterocycles. The van der Waals surface area contributed by atoms with Crippen molar-refractivity contribution in [2.45, 2.75) is 38.6 Å². The molecule has 1 aliphatic rings. The molecule has 0 aliphatic carbocycles. The van der Waals surface area contributed by atoms with Crippen molar-refractivity contribution < 1.29 is 4.74 Å². The largest absolute Gasteiger partial charge is 0.384 e. The van der Waals surface area contributed by atoms with Crippen molar-refractivity contribution in [1.29, 1.82) is 0 Å². The molecule has 0 saturated carbocycles. The number of piperidine rings is 1. The first-order valence-electron chi connectivity index (χ1n) is 7.92. The summed E-state index contributed by atoms with van der Waals surface area (Å²) in [6.07, 6.45) is 4.36. The minimum absolute atomic E-state index is 0.212. The standard InChI is InChI=1S/C17H27ClN2O/c1-3-16(19)9-14-6-7-15(18)10-17(14)20-8-4-5-13(11-20)12-21-2/h6-7,10,13,16H,3-5,8-9,11-12,19H2,1-2H3. The van der Waals surface area contributed by atoms with Crippen molar-refractivity contribution in [2.75, 3.05) is 31.7 Å². The molecule has 0 radical (unpaired) electrons. The van der Waals surface area contributed by atoms with E-state index in [0.29, 0.717) is 5.92 Å². The third-order valence-corrected chi connectivity index (χ3v) is 4.55. The molecular weight excluding hydrogens is 284 g/mol. The number of nitrogens with zero attached hydrogens (tertiary/aromatic N) is 1. The molecule has 21 heavy (non-hydrogen) atoms. The summed E-state index contributed by atoms with van der Waals surface area (Å²) in [7, 11) is 1.78. The summed E-state index contributed by atoms with van der Waals surface area (Å²) in [4.78, 5) is 2.46. The Bertz CT molecular complexity index is 450. The van der Waals surface area contributed by atoms with Crippen molar-refractivity contribution in [2.24, 2.45) is 11.7 Å². The maximum absolute atomic E-state index is 6.22. The molecule has 0 spiro atoms. The van der Waals surface area contributed by atoms with E-state index in [2.05, 4.69) is 24.0 Å². The molecule has 0 bridgehead atoms. The van der Waals surface area contributed by atoms with Crippen LogP contribution in [0.5, 0.6) is 0 Å². The predicted octanol–water partition coefficient (Wildman–Crippen LogP) is 3.48. The SMILES string of the molecule is CCC(N)Cc1ccc(Cl)cc1N1CCCC(COC)C1. The van der Waals surface area contributed by atoms with Crippen LogP contribution in [-0.2, 0) is 11.2 Å². The Morgan fingerprint density at radius 1 is 1.48 bits per heavy atom. The number of benzene rings is 1. The highest BCUT2D eigenvalue weighted by molar-refractivity contribution is 6.30. The highest BCUT2D eigenvalue weighted by Gasteiger charge is 2.22. The van der Waals surface area contributed by atoms with Crippen molar-refractivity contribution in [3.8, 4) is 0 Å². The van der Waals surface area contributed by atoms with Gasteiger partial charge in [0.05, 0.1) is 6.61 Å². The minimum Gasteiger partial charge on any atom is -0.384 e. The molecule has 1 aliphatic heterocycles. The fourth-order valence-electron chi connectivity index (χ4n) is 3.09. The van der Waals surface area contributed by atoms with Gasteiger partial charge in [0.2, 0.25) is 0 Å². The molecule has 2 N–H and O–H groups in total. The molecule has 3 nitrogen and oxygen atoms in total. The summed E-state index contributed by atoms with van der Waals surface area (Å²) >= 11 is 6.22. The summed E-state index contributed by atoms with van der Waals surface area (Å²) < 4.78 is 5.33. The van der Waals surface area contributed by atoms with E-state index in [9.17, 15) is 0 Å². The van der Waals surface area contributed by atoms with Crippen LogP contribution in [0.25, 0.3) is 0 Å². The van der Waals surface area contributed by atoms with Crippen LogP contribution in [0, 0.1) is 5.92 Å². The van der Waals surface area contributed by atoms with E-state index in [1.54, 1.807) is 7.11 Å². The molecule has 1 heterocycles. The Morgan fingerprint density at radius 3 is 3.00 bits per heavy atom. The van der Waals surface area contributed by atoms with E-state index in [4.69, 9.17) is 22.1 Å². The van der Waals surface area contributed by atoms with Gasteiger partial charge in [0.1, 0.15) is 0 Å². The monoisotopic (exact) mass is 310 g/mol. The van der Waals surface area contributed by atoms with E-state index in [1.165, 1.54) is 24.1 Å². The van der Waals surface area contributed by atoms with Crippen LogP contribution < -0.4 is 10.6 Å². The maximum atomic E-state index is 6.22. The second-order valence-corrected chi connectivity index (χ2v) is 6.49. The molecule has 2 unspecified atom stereocenters. The van der Waals surface area contributed by atoms with E-state index in [0.717, 1.165) is 37.6 Å². The second-order valence-electron chi connectivity index (χ2n) is 6.06. The Hall–Kier alpha value is -0.770. The number of rotatable bonds is 6. The third kappa shape index (κ3) is 4.60. The third-order valence-electron chi connectivity index (χ3n) is 4.32. The zero-order valence-corrected chi connectivity index (χ0v) is 13.9. The van der Waals surface area contributed by atoms with Gasteiger partial charge >= 0.3 is 0 Å². The topological polar surface area (TPSA) is 38.5 Å². The number of hydrogen-bond donors (Lipinski definition) is 1. The van der Waals surface area contributed by atoms with Crippen molar-refractivity contribution >= 4 is 17.3 Å². The van der Waals surface area contributed by atoms with Crippen molar-refractivity contribution in [1.82, 2.24) is 0 Å². The van der Waals surface area contributed by atoms with Gasteiger partial charge in [-0.05, 0) is 49.3 Å². The molecule has 2 atom stereocenters. The summed E-state index contributed by atoms with van der Waals surface area (Å²) in [5.74, 6) is 0.607. The zero-order valence-electron chi connectivity index (χ0n) is 13.1. The van der Waals surface area contributed by atoms with Gasteiger partial charge in [0, 0.05) is 37.0 Å². The fraction of sp³-hybridized carbons (Fsp3) is 0.647. The molecular formula is C17H27ClN2O. The van der Waals surface area contributed by atoms with Gasteiger partial charge < -0.3 is 15.4 Å². The molecule has 1 aromatic rings. The number of nitrogens with two attached hydrogens (primary N) is 1. The van der Waals surface area contributed by atoms with Crippen LogP contribution in [-0.4, -0.2) is 32.8 Å². The van der Waals surface area contributed by atoms with Crippen LogP contribution >= 0.6 is 11.6 Å². The maximum Gasteiger partial charge on any atom is 0.0507 e. The van der Waals surface area contributed by atoms with E-state index in [-0.39, 0.29) is 6.04 Å². The molecule has 118 valence electrons. The van der Waals surface area contributed by atoms with Gasteiger partial charge in [-0.15, -0.1) is 0 Å². The Balaban J connectivity index is 2.18. The summed E-state index contributed by atoms with van der Waals surface area (Å²) in [5.41, 5.74) is 8.71. The average molecular weight is 311 g/mol. The minimum atomic E-state index is 0.212. The Morgan fingerprint density at radius 2 is 2.29 bits per heavy atom. The lowest BCUT2D eigenvalue weighted by Gasteiger charge is -2.35. The number of anilines is 1. The van der Waals surface area contributed by atoms with E-state index >= 15 is 0 Å². The van der Waals surface area contributed by atoms with Gasteiger partial charge in [0.15, 0.2) is 0 Å². The summed E-state index contributed by atoms with van der Waals surface area (Å²) in [6, 6.07) is 6.41. The predicted molar refractivity (Wildman–Crippen MR) is 90.2 cm³/mol. The van der Waals surface area contributed by atoms with E-state index in [1.807, 2.05) is 6.07 Å². The summed E-state index contributed by atoms with van der Waals surface area (Å²) in [5, 5.41) is 0.799. The lowest BCUT2D eigenvalue weighted by molar-refractivity contribution is 0.143. The lowest BCUT2D eigenvalue weighted by Crippen LogP contribution is -2.38. The molecule has 1 aromatic carbocycles. The molecule has 1 saturated heterocycles. The van der Waals surface area contributed by atoms with Gasteiger partial charge in [-0.3, -0.25) is 0 Å². The van der Waals surface area contributed by atoms with Crippen LogP contribution in [0.15, 0.2) is 18.2 Å². The zero-order chi connectivity index (χ0) is 15.2. The van der Waals surface area contributed by atoms with Gasteiger partial charge in [-0.2, -0.15) is 0 Å². The normalized spacial score (nSPS) is 20.6. The Labute approximate surface area is 133 Å². The van der Waals surface area contributed by atoms with Crippen molar-refractivity contribution in [3.05, 3.63) is 28.8 Å². The first-order valence-corrected chi connectivity index (χ1v) is 8.29. The first-order chi connectivity index (χ1) is 10.1. The average Bonchev–Trinajstić information content (AvgIpc) is 2.49. The smallest absolute Gasteiger partial charge is 0.0507 e. The Kier molecular flexibility index (Phi) is 6.34. The first kappa shape index (κ1) is 16.6. The number of hydrogen-bond acceptors (Lipinski definition) is 3. The fourth-order valence-corrected chi connectivity index (χ4v) is 3.25. The second kappa shape index (κ2) is 8.02. The van der Waals surface area contributed by atoms with Crippen LogP contribution in [0.2, 0.25) is 5.02 Å². The van der Waals surface area contributed by atoms with Gasteiger partial charge in [-0.25, -0.2) is 0 Å². The van der Waals surface area contributed by atoms with Crippen molar-refractivity contribution in [3.63, 3.8) is 0 Å². The molecule has 1 fully saturated rings. The van der Waals surface area contributed by atoms with Crippen LogP contribution in [0.4, 0.5) is 5.69 Å². The number of ether oxygens (including phenoxy) is 1. The highest BCUT2D eigenvalue weighted by Crippen LogP contribution is 2.30. The summed E-state index contributed by atoms with van der Waals surface area (Å²) in [6.45, 7) is 5.11.